The monoisotopic (exact) mass is 701 g/mol. The summed E-state index contributed by atoms with van der Waals surface area (Å²) >= 11 is 0. The first-order chi connectivity index (χ1) is 24.5. The number of piperidine rings is 1. The van der Waals surface area contributed by atoms with Gasteiger partial charge < -0.3 is 39.2 Å². The van der Waals surface area contributed by atoms with Gasteiger partial charge in [-0.2, -0.15) is 0 Å². The average Bonchev–Trinajstić information content (AvgIpc) is 3.96. The molecule has 1 aliphatic carbocycles. The van der Waals surface area contributed by atoms with E-state index in [1.807, 2.05) is 71.6 Å². The fraction of sp³-hybridized carbons (Fsp3) is 0.475. The van der Waals surface area contributed by atoms with Crippen LogP contribution in [-0.2, 0) is 30.3 Å². The Kier molecular flexibility index (Phi) is 12.6. The Hall–Kier alpha value is -4.61. The maximum atomic E-state index is 15.1. The first-order valence-corrected chi connectivity index (χ1v) is 17.6. The van der Waals surface area contributed by atoms with E-state index < -0.39 is 35.5 Å². The Bertz CT molecular complexity index is 1640. The molecular formula is C40H51N3O8. The standard InChI is InChI=1S/C40H51N3O8/c1-40(2,3)51-39(46)42-24-34(37(35(25-42)50-26-36(41)44)30-14-9-13-29(21-30)28-11-7-6-8-12-28)38(45)43(31-15-16-31)23-27-19-32(48-5)22-33(20-27)49-18-10-17-47-4/h6-9,11-14,19-22,31,34-35,37H,10,15-18,23-26H2,1-5H3,(H2,41,44)/t34-,35+,37+/m0/s1. The van der Waals surface area contributed by atoms with Crippen molar-refractivity contribution in [2.75, 3.05) is 47.1 Å². The Morgan fingerprint density at radius 1 is 0.882 bits per heavy atom. The summed E-state index contributed by atoms with van der Waals surface area (Å²) in [4.78, 5) is 44.1. The number of likely N-dealkylation sites (tertiary alicyclic amines) is 1. The van der Waals surface area contributed by atoms with Gasteiger partial charge in [-0.1, -0.05) is 54.6 Å². The van der Waals surface area contributed by atoms with Crippen molar-refractivity contribution in [1.29, 1.82) is 0 Å². The van der Waals surface area contributed by atoms with E-state index in [9.17, 15) is 9.59 Å². The van der Waals surface area contributed by atoms with Crippen molar-refractivity contribution < 1.29 is 38.1 Å². The number of carbonyl (C=O) groups excluding carboxylic acids is 3. The minimum atomic E-state index is -0.753. The maximum absolute atomic E-state index is 15.1. The van der Waals surface area contributed by atoms with Crippen LogP contribution in [-0.4, -0.2) is 92.6 Å². The third kappa shape index (κ3) is 10.5. The van der Waals surface area contributed by atoms with Crippen LogP contribution < -0.4 is 15.2 Å². The number of rotatable bonds is 15. The second-order valence-corrected chi connectivity index (χ2v) is 14.2. The molecule has 51 heavy (non-hydrogen) atoms. The Labute approximate surface area is 300 Å². The van der Waals surface area contributed by atoms with E-state index in [1.54, 1.807) is 35.0 Å². The molecule has 1 heterocycles. The van der Waals surface area contributed by atoms with Crippen LogP contribution in [0.4, 0.5) is 4.79 Å². The highest BCUT2D eigenvalue weighted by molar-refractivity contribution is 5.82. The summed E-state index contributed by atoms with van der Waals surface area (Å²) in [5.74, 6) is -0.688. The predicted octanol–water partition coefficient (Wildman–Crippen LogP) is 5.79. The average molecular weight is 702 g/mol. The van der Waals surface area contributed by atoms with Gasteiger partial charge in [0, 0.05) is 51.3 Å². The predicted molar refractivity (Wildman–Crippen MR) is 193 cm³/mol. The van der Waals surface area contributed by atoms with Gasteiger partial charge in [-0.25, -0.2) is 4.79 Å². The molecule has 0 unspecified atom stereocenters. The van der Waals surface area contributed by atoms with Crippen LogP contribution in [0.5, 0.6) is 11.5 Å². The molecule has 5 rings (SSSR count). The van der Waals surface area contributed by atoms with Gasteiger partial charge in [-0.05, 0) is 68.0 Å². The second kappa shape index (κ2) is 17.1. The lowest BCUT2D eigenvalue weighted by Gasteiger charge is -2.44. The number of carbonyl (C=O) groups is 3. The zero-order valence-corrected chi connectivity index (χ0v) is 30.3. The van der Waals surface area contributed by atoms with E-state index in [2.05, 4.69) is 6.07 Å². The molecule has 3 atom stereocenters. The molecule has 0 aromatic heterocycles. The highest BCUT2D eigenvalue weighted by atomic mass is 16.6. The van der Waals surface area contributed by atoms with Crippen LogP contribution in [0.15, 0.2) is 72.8 Å². The molecule has 2 aliphatic rings. The number of ether oxygens (including phenoxy) is 5. The lowest BCUT2D eigenvalue weighted by Crippen LogP contribution is -2.57. The quantitative estimate of drug-likeness (QED) is 0.197. The molecule has 1 aliphatic heterocycles. The molecular weight excluding hydrogens is 650 g/mol. The number of nitrogens with zero attached hydrogens (tertiary/aromatic N) is 2. The number of benzene rings is 3. The van der Waals surface area contributed by atoms with Crippen LogP contribution >= 0.6 is 0 Å². The van der Waals surface area contributed by atoms with E-state index in [4.69, 9.17) is 29.4 Å². The number of amides is 3. The smallest absolute Gasteiger partial charge is 0.410 e. The highest BCUT2D eigenvalue weighted by Gasteiger charge is 2.48. The molecule has 0 spiro atoms. The molecule has 2 N–H and O–H groups in total. The van der Waals surface area contributed by atoms with E-state index in [1.165, 1.54) is 4.90 Å². The second-order valence-electron chi connectivity index (χ2n) is 14.2. The first kappa shape index (κ1) is 37.6. The number of primary amides is 1. The highest BCUT2D eigenvalue weighted by Crippen LogP contribution is 2.41. The van der Waals surface area contributed by atoms with Crippen molar-refractivity contribution >= 4 is 17.9 Å². The van der Waals surface area contributed by atoms with Gasteiger partial charge in [0.2, 0.25) is 11.8 Å². The van der Waals surface area contributed by atoms with Gasteiger partial charge in [-0.3, -0.25) is 9.59 Å². The van der Waals surface area contributed by atoms with E-state index in [0.717, 1.165) is 41.5 Å². The normalized spacial score (nSPS) is 18.9. The molecule has 0 radical (unpaired) electrons. The van der Waals surface area contributed by atoms with E-state index in [0.29, 0.717) is 31.3 Å². The maximum Gasteiger partial charge on any atom is 0.410 e. The molecule has 3 aromatic rings. The first-order valence-electron chi connectivity index (χ1n) is 17.6. The van der Waals surface area contributed by atoms with Crippen molar-refractivity contribution in [3.8, 4) is 22.6 Å². The summed E-state index contributed by atoms with van der Waals surface area (Å²) < 4.78 is 28.7. The van der Waals surface area contributed by atoms with Crippen molar-refractivity contribution in [1.82, 2.24) is 9.80 Å². The zero-order valence-electron chi connectivity index (χ0n) is 30.3. The lowest BCUT2D eigenvalue weighted by atomic mass is 9.77. The summed E-state index contributed by atoms with van der Waals surface area (Å²) in [6.45, 7) is 6.66. The van der Waals surface area contributed by atoms with Crippen molar-refractivity contribution in [2.24, 2.45) is 11.7 Å². The molecule has 2 fully saturated rings. The zero-order chi connectivity index (χ0) is 36.5. The van der Waals surface area contributed by atoms with Gasteiger partial charge in [-0.15, -0.1) is 0 Å². The molecule has 11 nitrogen and oxygen atoms in total. The lowest BCUT2D eigenvalue weighted by molar-refractivity contribution is -0.144. The summed E-state index contributed by atoms with van der Waals surface area (Å²) in [6, 6.07) is 23.8. The Balaban J connectivity index is 1.53. The van der Waals surface area contributed by atoms with Crippen molar-refractivity contribution in [3.63, 3.8) is 0 Å². The summed E-state index contributed by atoms with van der Waals surface area (Å²) in [5.41, 5.74) is 8.55. The molecule has 3 amide bonds. The SMILES string of the molecule is COCCCOc1cc(CN(C(=O)[C@H]2CN(C(=O)OC(C)(C)C)C[C@@H](OCC(N)=O)[C@@H]2c2cccc(-c3ccccc3)c2)C2CC2)cc(OC)c1. The van der Waals surface area contributed by atoms with Crippen LogP contribution in [0.3, 0.4) is 0 Å². The van der Waals surface area contributed by atoms with Crippen LogP contribution in [0, 0.1) is 5.92 Å². The Morgan fingerprint density at radius 3 is 2.27 bits per heavy atom. The van der Waals surface area contributed by atoms with Gasteiger partial charge in [0.25, 0.3) is 0 Å². The van der Waals surface area contributed by atoms with Gasteiger partial charge in [0.05, 0.1) is 32.3 Å². The van der Waals surface area contributed by atoms with Crippen molar-refractivity contribution in [3.05, 3.63) is 83.9 Å². The van der Waals surface area contributed by atoms with E-state index >= 15 is 4.79 Å². The third-order valence-corrected chi connectivity index (χ3v) is 9.00. The summed E-state index contributed by atoms with van der Waals surface area (Å²) in [7, 11) is 3.26. The molecule has 11 heteroatoms. The number of hydrogen-bond donors (Lipinski definition) is 1. The number of methoxy groups -OCH3 is 2. The van der Waals surface area contributed by atoms with Crippen LogP contribution in [0.2, 0.25) is 0 Å². The molecule has 1 saturated heterocycles. The van der Waals surface area contributed by atoms with Crippen LogP contribution in [0.25, 0.3) is 11.1 Å². The van der Waals surface area contributed by atoms with Gasteiger partial charge in [0.15, 0.2) is 0 Å². The molecule has 1 saturated carbocycles. The van der Waals surface area contributed by atoms with Crippen molar-refractivity contribution in [2.45, 2.75) is 70.2 Å². The fourth-order valence-electron chi connectivity index (χ4n) is 6.57. The largest absolute Gasteiger partial charge is 0.497 e. The summed E-state index contributed by atoms with van der Waals surface area (Å²) in [5, 5.41) is 0. The number of hydrogen-bond acceptors (Lipinski definition) is 8. The molecule has 3 aromatic carbocycles. The minimum Gasteiger partial charge on any atom is -0.497 e. The Morgan fingerprint density at radius 2 is 1.61 bits per heavy atom. The minimum absolute atomic E-state index is 0.0352. The van der Waals surface area contributed by atoms with Gasteiger partial charge in [0.1, 0.15) is 23.7 Å². The van der Waals surface area contributed by atoms with E-state index in [-0.39, 0.29) is 31.6 Å². The van der Waals surface area contributed by atoms with Crippen LogP contribution in [0.1, 0.15) is 57.1 Å². The topological polar surface area (TPSA) is 130 Å². The number of nitrogens with two attached hydrogens (primary N) is 1. The molecule has 0 bridgehead atoms. The summed E-state index contributed by atoms with van der Waals surface area (Å²) in [6.07, 6.45) is 1.20. The fourth-order valence-corrected chi connectivity index (χ4v) is 6.57. The van der Waals surface area contributed by atoms with Gasteiger partial charge >= 0.3 is 6.09 Å². The third-order valence-electron chi connectivity index (χ3n) is 9.00. The molecule has 274 valence electrons.